The molecule has 4 heterocycles. The first-order valence-electron chi connectivity index (χ1n) is 9.70. The maximum Gasteiger partial charge on any atom is 0.149 e. The van der Waals surface area contributed by atoms with E-state index in [-0.39, 0.29) is 12.2 Å². The van der Waals surface area contributed by atoms with Crippen molar-refractivity contribution in [2.45, 2.75) is 5.54 Å². The van der Waals surface area contributed by atoms with Gasteiger partial charge in [0.25, 0.3) is 0 Å². The number of nitrogens with zero attached hydrogens (tertiary/aromatic N) is 7. The lowest BCUT2D eigenvalue weighted by atomic mass is 9.90. The topological polar surface area (TPSA) is 107 Å². The highest BCUT2D eigenvalue weighted by Crippen LogP contribution is 2.30. The van der Waals surface area contributed by atoms with Gasteiger partial charge in [0.1, 0.15) is 23.7 Å². The Balaban J connectivity index is 1.74. The Bertz CT molecular complexity index is 1080. The Morgan fingerprint density at radius 3 is 2.90 bits per heavy atom. The first kappa shape index (κ1) is 20.2. The molecule has 0 amide bonds. The van der Waals surface area contributed by atoms with Gasteiger partial charge in [-0.3, -0.25) is 14.0 Å². The van der Waals surface area contributed by atoms with Gasteiger partial charge in [0.2, 0.25) is 0 Å². The summed E-state index contributed by atoms with van der Waals surface area (Å²) >= 11 is 0. The molecule has 1 aliphatic heterocycles. The SMILES string of the molecule is C=C/C(=C\N(C)N)c1cc2nccn2c(-c2cnn(C3(CN)CN(CCF)C3)c2)n1. The molecule has 9 nitrogen and oxygen atoms in total. The van der Waals surface area contributed by atoms with Crippen LogP contribution in [0.25, 0.3) is 22.6 Å². The van der Waals surface area contributed by atoms with Crippen LogP contribution in [-0.2, 0) is 5.54 Å². The number of rotatable bonds is 8. The van der Waals surface area contributed by atoms with Crippen LogP contribution in [0.1, 0.15) is 5.69 Å². The number of likely N-dealkylation sites (tertiary alicyclic amines) is 1. The molecule has 3 aromatic rings. The lowest BCUT2D eigenvalue weighted by Gasteiger charge is -2.49. The van der Waals surface area contributed by atoms with Gasteiger partial charge >= 0.3 is 0 Å². The van der Waals surface area contributed by atoms with Crippen LogP contribution in [-0.4, -0.2) is 74.0 Å². The van der Waals surface area contributed by atoms with Gasteiger partial charge in [0, 0.05) is 69.7 Å². The molecule has 0 atom stereocenters. The molecule has 0 bridgehead atoms. The molecule has 0 aromatic carbocycles. The van der Waals surface area contributed by atoms with E-state index in [1.165, 1.54) is 5.01 Å². The lowest BCUT2D eigenvalue weighted by molar-refractivity contribution is 0.00537. The van der Waals surface area contributed by atoms with Crippen molar-refractivity contribution in [1.29, 1.82) is 0 Å². The van der Waals surface area contributed by atoms with E-state index in [9.17, 15) is 4.39 Å². The Morgan fingerprint density at radius 2 is 2.23 bits per heavy atom. The summed E-state index contributed by atoms with van der Waals surface area (Å²) in [5.74, 6) is 6.48. The van der Waals surface area contributed by atoms with Crippen LogP contribution in [0.2, 0.25) is 0 Å². The van der Waals surface area contributed by atoms with Gasteiger partial charge in [0.05, 0.1) is 17.5 Å². The number of imidazole rings is 1. The van der Waals surface area contributed by atoms with E-state index >= 15 is 0 Å². The Labute approximate surface area is 174 Å². The highest BCUT2D eigenvalue weighted by Gasteiger charge is 2.44. The molecule has 0 aliphatic carbocycles. The molecule has 30 heavy (non-hydrogen) atoms. The number of alkyl halides is 1. The summed E-state index contributed by atoms with van der Waals surface area (Å²) < 4.78 is 16.4. The number of allylic oxidation sites excluding steroid dienone is 2. The second-order valence-corrected chi connectivity index (χ2v) is 7.58. The standard InChI is InChI=1S/C20H26FN9/c1-3-15(10-27(2)23)17-8-18-24-5-7-29(18)19(26-17)16-9-25-30(11-16)20(12-22)13-28(14-20)6-4-21/h3,5,7-11H,1,4,6,12-14,22-23H2,2H3/b15-10+. The van der Waals surface area contributed by atoms with Gasteiger partial charge in [-0.15, -0.1) is 0 Å². The Kier molecular flexibility index (Phi) is 5.37. The Morgan fingerprint density at radius 1 is 1.43 bits per heavy atom. The van der Waals surface area contributed by atoms with E-state index in [1.807, 2.05) is 32.4 Å². The van der Waals surface area contributed by atoms with Crippen LogP contribution in [0.5, 0.6) is 0 Å². The van der Waals surface area contributed by atoms with Gasteiger partial charge in [0.15, 0.2) is 0 Å². The minimum Gasteiger partial charge on any atom is -0.328 e. The van der Waals surface area contributed by atoms with Crippen molar-refractivity contribution in [2.75, 3.05) is 39.9 Å². The predicted molar refractivity (Wildman–Crippen MR) is 114 cm³/mol. The molecule has 158 valence electrons. The summed E-state index contributed by atoms with van der Waals surface area (Å²) in [6, 6.07) is 1.88. The maximum absolute atomic E-state index is 12.6. The van der Waals surface area contributed by atoms with Gasteiger partial charge in [-0.1, -0.05) is 12.7 Å². The zero-order chi connectivity index (χ0) is 21.3. The van der Waals surface area contributed by atoms with Crippen LogP contribution in [0.3, 0.4) is 0 Å². The summed E-state index contributed by atoms with van der Waals surface area (Å²) in [6.45, 7) is 5.70. The molecule has 4 rings (SSSR count). The molecule has 0 saturated carbocycles. The number of hydrogen-bond acceptors (Lipinski definition) is 7. The van der Waals surface area contributed by atoms with Crippen LogP contribution in [0.4, 0.5) is 4.39 Å². The van der Waals surface area contributed by atoms with Crippen LogP contribution >= 0.6 is 0 Å². The number of nitrogens with two attached hydrogens (primary N) is 2. The van der Waals surface area contributed by atoms with Gasteiger partial charge < -0.3 is 10.7 Å². The van der Waals surface area contributed by atoms with Crippen molar-refractivity contribution in [3.05, 3.63) is 55.4 Å². The van der Waals surface area contributed by atoms with Crippen molar-refractivity contribution in [3.8, 4) is 11.4 Å². The average Bonchev–Trinajstić information content (AvgIpc) is 3.37. The van der Waals surface area contributed by atoms with Crippen molar-refractivity contribution in [2.24, 2.45) is 11.6 Å². The third-order valence-electron chi connectivity index (χ3n) is 5.39. The van der Waals surface area contributed by atoms with E-state index < -0.39 is 0 Å². The first-order valence-corrected chi connectivity index (χ1v) is 9.70. The fourth-order valence-electron chi connectivity index (χ4n) is 3.85. The summed E-state index contributed by atoms with van der Waals surface area (Å²) in [5, 5.41) is 6.02. The number of hydrazine groups is 1. The fraction of sp³-hybridized carbons (Fsp3) is 0.350. The van der Waals surface area contributed by atoms with Gasteiger partial charge in [-0.2, -0.15) is 5.10 Å². The highest BCUT2D eigenvalue weighted by molar-refractivity contribution is 5.74. The second kappa shape index (κ2) is 7.98. The zero-order valence-electron chi connectivity index (χ0n) is 16.9. The molecule has 1 saturated heterocycles. The number of aromatic nitrogens is 5. The zero-order valence-corrected chi connectivity index (χ0v) is 16.9. The average molecular weight is 411 g/mol. The molecule has 1 aliphatic rings. The highest BCUT2D eigenvalue weighted by atomic mass is 19.1. The monoisotopic (exact) mass is 411 g/mol. The molecule has 1 fully saturated rings. The molecule has 10 heteroatoms. The maximum atomic E-state index is 12.6. The summed E-state index contributed by atoms with van der Waals surface area (Å²) in [7, 11) is 1.74. The number of hydrogen-bond donors (Lipinski definition) is 2. The smallest absolute Gasteiger partial charge is 0.149 e. The number of fused-ring (bicyclic) bond motifs is 1. The Hall–Kier alpha value is -3.08. The van der Waals surface area contributed by atoms with Crippen LogP contribution < -0.4 is 11.6 Å². The largest absolute Gasteiger partial charge is 0.328 e. The molecule has 4 N–H and O–H groups in total. The van der Waals surface area contributed by atoms with Crippen LogP contribution in [0.15, 0.2) is 49.7 Å². The van der Waals surface area contributed by atoms with E-state index in [0.29, 0.717) is 37.7 Å². The first-order chi connectivity index (χ1) is 14.5. The molecule has 0 unspecified atom stereocenters. The molecule has 3 aromatic heterocycles. The summed E-state index contributed by atoms with van der Waals surface area (Å²) in [6.07, 6.45) is 10.7. The van der Waals surface area contributed by atoms with Gasteiger partial charge in [-0.25, -0.2) is 20.2 Å². The van der Waals surface area contributed by atoms with Crippen molar-refractivity contribution in [1.82, 2.24) is 34.1 Å². The quantitative estimate of drug-likeness (QED) is 0.322. The number of halogens is 1. The second-order valence-electron chi connectivity index (χ2n) is 7.58. The van der Waals surface area contributed by atoms with E-state index in [4.69, 9.17) is 16.6 Å². The third kappa shape index (κ3) is 3.49. The van der Waals surface area contributed by atoms with E-state index in [1.54, 1.807) is 31.7 Å². The summed E-state index contributed by atoms with van der Waals surface area (Å²) in [4.78, 5) is 11.3. The van der Waals surface area contributed by atoms with Gasteiger partial charge in [-0.05, 0) is 0 Å². The molecule has 0 radical (unpaired) electrons. The van der Waals surface area contributed by atoms with Crippen LogP contribution in [0, 0.1) is 0 Å². The summed E-state index contributed by atoms with van der Waals surface area (Å²) in [5.41, 5.74) is 8.80. The molecular weight excluding hydrogens is 385 g/mol. The van der Waals surface area contributed by atoms with Crippen molar-refractivity contribution < 1.29 is 4.39 Å². The fourth-order valence-corrected chi connectivity index (χ4v) is 3.85. The van der Waals surface area contributed by atoms with E-state index in [0.717, 1.165) is 16.8 Å². The predicted octanol–water partition coefficient (Wildman–Crippen LogP) is 0.864. The minimum absolute atomic E-state index is 0.326. The lowest BCUT2D eigenvalue weighted by Crippen LogP contribution is -2.66. The molecule has 0 spiro atoms. The normalized spacial score (nSPS) is 16.6. The third-order valence-corrected chi connectivity index (χ3v) is 5.39. The minimum atomic E-state index is -0.364. The van der Waals surface area contributed by atoms with Crippen molar-refractivity contribution >= 4 is 11.2 Å². The van der Waals surface area contributed by atoms with Crippen molar-refractivity contribution in [3.63, 3.8) is 0 Å². The van der Waals surface area contributed by atoms with E-state index in [2.05, 4.69) is 16.7 Å². The molecular formula is C20H26FN9.